The van der Waals surface area contributed by atoms with E-state index in [0.717, 1.165) is 61.4 Å². The average molecular weight is 482 g/mol. The Labute approximate surface area is 208 Å². The molecule has 0 unspecified atom stereocenters. The van der Waals surface area contributed by atoms with Crippen molar-refractivity contribution in [3.8, 4) is 17.3 Å². The van der Waals surface area contributed by atoms with Crippen molar-refractivity contribution in [2.45, 2.75) is 25.0 Å². The van der Waals surface area contributed by atoms with E-state index in [0.29, 0.717) is 17.4 Å². The van der Waals surface area contributed by atoms with E-state index in [2.05, 4.69) is 61.3 Å². The molecule has 1 aliphatic heterocycles. The monoisotopic (exact) mass is 481 g/mol. The standard InChI is InChI=1S/C27H27N7O2/c28-18-14-20(15-18)35-26-7-6-25-30-17-23(34(25)31-26)24-16-21-22(8-9-29-27(21)36-24)33-12-10-32(11-13-33)19-4-2-1-3-5-19/h1-9,16-18,20H,10-15,28H2/t18-,20-. The predicted molar refractivity (Wildman–Crippen MR) is 138 cm³/mol. The summed E-state index contributed by atoms with van der Waals surface area (Å²) in [5, 5.41) is 5.66. The number of ether oxygens (including phenoxy) is 1. The van der Waals surface area contributed by atoms with Gasteiger partial charge in [0.05, 0.1) is 17.3 Å². The summed E-state index contributed by atoms with van der Waals surface area (Å²) in [5.74, 6) is 1.24. The lowest BCUT2D eigenvalue weighted by atomic mass is 9.90. The second-order valence-electron chi connectivity index (χ2n) is 9.53. The predicted octanol–water partition coefficient (Wildman–Crippen LogP) is 3.73. The van der Waals surface area contributed by atoms with Crippen LogP contribution in [0.3, 0.4) is 0 Å². The molecule has 5 heterocycles. The molecule has 2 aliphatic rings. The molecule has 0 spiro atoms. The maximum atomic E-state index is 6.20. The smallest absolute Gasteiger partial charge is 0.232 e. The summed E-state index contributed by atoms with van der Waals surface area (Å²) in [7, 11) is 0. The van der Waals surface area contributed by atoms with Crippen LogP contribution in [0.4, 0.5) is 11.4 Å². The topological polar surface area (TPSA) is 98.0 Å². The molecule has 1 saturated carbocycles. The molecule has 2 N–H and O–H groups in total. The Bertz CT molecular complexity index is 1520. The first-order valence-electron chi connectivity index (χ1n) is 12.4. The van der Waals surface area contributed by atoms with Crippen LogP contribution >= 0.6 is 0 Å². The van der Waals surface area contributed by atoms with E-state index >= 15 is 0 Å². The number of nitrogens with two attached hydrogens (primary N) is 1. The highest BCUT2D eigenvalue weighted by Gasteiger charge is 2.28. The van der Waals surface area contributed by atoms with Gasteiger partial charge in [0.1, 0.15) is 11.8 Å². The maximum absolute atomic E-state index is 6.20. The van der Waals surface area contributed by atoms with Crippen molar-refractivity contribution < 1.29 is 9.15 Å². The molecule has 0 radical (unpaired) electrons. The normalized spacial score (nSPS) is 20.1. The summed E-state index contributed by atoms with van der Waals surface area (Å²) >= 11 is 0. The van der Waals surface area contributed by atoms with Gasteiger partial charge in [-0.05, 0) is 43.2 Å². The number of piperazine rings is 1. The summed E-state index contributed by atoms with van der Waals surface area (Å²) in [4.78, 5) is 13.8. The molecule has 0 bridgehead atoms. The molecule has 5 aromatic rings. The number of para-hydroxylation sites is 1. The number of furan rings is 1. The lowest BCUT2D eigenvalue weighted by Crippen LogP contribution is -2.46. The van der Waals surface area contributed by atoms with E-state index in [-0.39, 0.29) is 12.1 Å². The fourth-order valence-electron chi connectivity index (χ4n) is 5.13. The van der Waals surface area contributed by atoms with Gasteiger partial charge in [0.25, 0.3) is 0 Å². The second kappa shape index (κ2) is 8.53. The molecule has 0 amide bonds. The van der Waals surface area contributed by atoms with Crippen molar-refractivity contribution in [3.05, 3.63) is 67.0 Å². The fraction of sp³-hybridized carbons (Fsp3) is 0.296. The number of aromatic nitrogens is 4. The van der Waals surface area contributed by atoms with Crippen LogP contribution in [0.25, 0.3) is 28.2 Å². The first-order chi connectivity index (χ1) is 17.7. The van der Waals surface area contributed by atoms with Crippen molar-refractivity contribution in [1.82, 2.24) is 19.6 Å². The van der Waals surface area contributed by atoms with Crippen molar-refractivity contribution in [1.29, 1.82) is 0 Å². The molecule has 9 nitrogen and oxygen atoms in total. The minimum atomic E-state index is 0.122. The van der Waals surface area contributed by atoms with Gasteiger partial charge in [0.15, 0.2) is 11.4 Å². The van der Waals surface area contributed by atoms with Gasteiger partial charge in [-0.15, -0.1) is 5.10 Å². The Morgan fingerprint density at radius 2 is 1.72 bits per heavy atom. The SMILES string of the molecule is N[C@H]1C[C@H](Oc2ccc3ncc(-c4cc5c(N6CCN(c7ccccc7)CC6)ccnc5o4)n3n2)C1. The Balaban J connectivity index is 1.17. The zero-order chi connectivity index (χ0) is 24.1. The molecule has 182 valence electrons. The van der Waals surface area contributed by atoms with Crippen LogP contribution in [0.5, 0.6) is 5.88 Å². The number of hydrogen-bond donors (Lipinski definition) is 1. The number of hydrogen-bond acceptors (Lipinski definition) is 8. The van der Waals surface area contributed by atoms with Crippen molar-refractivity contribution in [3.63, 3.8) is 0 Å². The van der Waals surface area contributed by atoms with Crippen LogP contribution in [0.1, 0.15) is 12.8 Å². The zero-order valence-corrected chi connectivity index (χ0v) is 19.8. The van der Waals surface area contributed by atoms with Gasteiger partial charge in [0, 0.05) is 50.2 Å². The molecule has 2 fully saturated rings. The lowest BCUT2D eigenvalue weighted by Gasteiger charge is -2.37. The van der Waals surface area contributed by atoms with Crippen LogP contribution in [0.15, 0.2) is 71.4 Å². The summed E-state index contributed by atoms with van der Waals surface area (Å²) in [6.45, 7) is 3.78. The molecule has 4 aromatic heterocycles. The number of fused-ring (bicyclic) bond motifs is 2. The average Bonchev–Trinajstić information content (AvgIpc) is 3.52. The Kier molecular flexibility index (Phi) is 5.02. The summed E-state index contributed by atoms with van der Waals surface area (Å²) in [5.41, 5.74) is 10.4. The van der Waals surface area contributed by atoms with Gasteiger partial charge in [-0.3, -0.25) is 0 Å². The van der Waals surface area contributed by atoms with E-state index in [1.807, 2.05) is 24.4 Å². The number of benzene rings is 1. The second-order valence-corrected chi connectivity index (χ2v) is 9.53. The molecule has 1 saturated heterocycles. The van der Waals surface area contributed by atoms with Crippen molar-refractivity contribution >= 4 is 28.1 Å². The maximum Gasteiger partial charge on any atom is 0.232 e. The van der Waals surface area contributed by atoms with E-state index in [4.69, 9.17) is 14.9 Å². The zero-order valence-electron chi connectivity index (χ0n) is 19.8. The number of anilines is 2. The Morgan fingerprint density at radius 3 is 2.53 bits per heavy atom. The quantitative estimate of drug-likeness (QED) is 0.406. The van der Waals surface area contributed by atoms with Gasteiger partial charge in [0.2, 0.25) is 11.6 Å². The number of pyridine rings is 1. The third-order valence-electron chi connectivity index (χ3n) is 7.16. The molecule has 1 aromatic carbocycles. The number of imidazole rings is 1. The van der Waals surface area contributed by atoms with Crippen molar-refractivity contribution in [2.24, 2.45) is 5.73 Å². The van der Waals surface area contributed by atoms with Crippen LogP contribution in [-0.4, -0.2) is 57.9 Å². The fourth-order valence-corrected chi connectivity index (χ4v) is 5.13. The highest BCUT2D eigenvalue weighted by molar-refractivity contribution is 5.91. The third-order valence-corrected chi connectivity index (χ3v) is 7.16. The summed E-state index contributed by atoms with van der Waals surface area (Å²) < 4.78 is 14.0. The van der Waals surface area contributed by atoms with Gasteiger partial charge in [-0.2, -0.15) is 0 Å². The van der Waals surface area contributed by atoms with Crippen LogP contribution < -0.4 is 20.3 Å². The van der Waals surface area contributed by atoms with Crippen LogP contribution in [0, 0.1) is 0 Å². The van der Waals surface area contributed by atoms with Crippen LogP contribution in [0.2, 0.25) is 0 Å². The highest BCUT2D eigenvalue weighted by atomic mass is 16.5. The lowest BCUT2D eigenvalue weighted by molar-refractivity contribution is 0.0944. The Morgan fingerprint density at radius 1 is 0.917 bits per heavy atom. The third kappa shape index (κ3) is 3.72. The van der Waals surface area contributed by atoms with Gasteiger partial charge >= 0.3 is 0 Å². The minimum absolute atomic E-state index is 0.122. The van der Waals surface area contributed by atoms with E-state index in [1.165, 1.54) is 5.69 Å². The minimum Gasteiger partial charge on any atom is -0.473 e. The van der Waals surface area contributed by atoms with E-state index in [9.17, 15) is 0 Å². The molecule has 7 rings (SSSR count). The molecule has 0 atom stereocenters. The van der Waals surface area contributed by atoms with E-state index in [1.54, 1.807) is 10.7 Å². The van der Waals surface area contributed by atoms with E-state index < -0.39 is 0 Å². The van der Waals surface area contributed by atoms with Gasteiger partial charge < -0.3 is 24.7 Å². The summed E-state index contributed by atoms with van der Waals surface area (Å²) in [6, 6.07) is 18.7. The summed E-state index contributed by atoms with van der Waals surface area (Å²) in [6.07, 6.45) is 5.43. The molecule has 1 aliphatic carbocycles. The van der Waals surface area contributed by atoms with Gasteiger partial charge in [-0.25, -0.2) is 14.5 Å². The Hall–Kier alpha value is -4.11. The first-order valence-corrected chi connectivity index (χ1v) is 12.4. The molecular weight excluding hydrogens is 454 g/mol. The number of nitrogens with zero attached hydrogens (tertiary/aromatic N) is 6. The van der Waals surface area contributed by atoms with Crippen molar-refractivity contribution in [2.75, 3.05) is 36.0 Å². The molecule has 9 heteroatoms. The largest absolute Gasteiger partial charge is 0.473 e. The molecular formula is C27H27N7O2. The highest BCUT2D eigenvalue weighted by Crippen LogP contribution is 2.34. The molecule has 36 heavy (non-hydrogen) atoms. The number of rotatable bonds is 5. The van der Waals surface area contributed by atoms with Crippen LogP contribution in [-0.2, 0) is 0 Å². The first kappa shape index (κ1) is 21.2. The van der Waals surface area contributed by atoms with Gasteiger partial charge in [-0.1, -0.05) is 18.2 Å².